The normalized spacial score (nSPS) is 11.6. The van der Waals surface area contributed by atoms with Crippen molar-refractivity contribution in [1.82, 2.24) is 4.98 Å². The Balaban J connectivity index is 3.06. The largest absolute Gasteiger partial charge is 0.270 e. The molecule has 0 saturated heterocycles. The summed E-state index contributed by atoms with van der Waals surface area (Å²) in [6.07, 6.45) is 1.39. The molecule has 0 aliphatic carbocycles. The number of nitrogens with zero attached hydrogens (tertiary/aromatic N) is 1. The summed E-state index contributed by atoms with van der Waals surface area (Å²) < 4.78 is 25.2. The molecule has 0 saturated carbocycles. The number of pyridine rings is 1. The third-order valence-electron chi connectivity index (χ3n) is 1.40. The molecule has 0 aromatic carbocycles. The van der Waals surface area contributed by atoms with Crippen molar-refractivity contribution >= 4 is 0 Å². The average Bonchev–Trinajstić information content (AvgIpc) is 1.86. The highest BCUT2D eigenvalue weighted by Crippen LogP contribution is 2.26. The Bertz CT molecular complexity index is 253. The summed E-state index contributed by atoms with van der Waals surface area (Å²) in [5, 5.41) is 0. The molecule has 0 aliphatic heterocycles. The third kappa shape index (κ3) is 1.97. The van der Waals surface area contributed by atoms with Gasteiger partial charge in [0.1, 0.15) is 0 Å². The number of hydrogen-bond acceptors (Lipinski definition) is 1. The topological polar surface area (TPSA) is 12.9 Å². The quantitative estimate of drug-likeness (QED) is 0.610. The monoisotopic (exact) mass is 157 g/mol. The van der Waals surface area contributed by atoms with Gasteiger partial charge in [-0.25, -0.2) is 8.78 Å². The van der Waals surface area contributed by atoms with E-state index in [0.29, 0.717) is 5.69 Å². The van der Waals surface area contributed by atoms with Gasteiger partial charge in [-0.05, 0) is 19.1 Å². The van der Waals surface area contributed by atoms with Gasteiger partial charge >= 0.3 is 0 Å². The van der Waals surface area contributed by atoms with E-state index in [4.69, 9.17) is 0 Å². The van der Waals surface area contributed by atoms with Gasteiger partial charge in [-0.15, -0.1) is 0 Å². The first-order valence-electron chi connectivity index (χ1n) is 3.31. The molecule has 1 rings (SSSR count). The van der Waals surface area contributed by atoms with Gasteiger partial charge < -0.3 is 0 Å². The lowest BCUT2D eigenvalue weighted by atomic mass is 10.1. The molecule has 60 valence electrons. The second-order valence-corrected chi connectivity index (χ2v) is 2.57. The van der Waals surface area contributed by atoms with E-state index in [1.54, 1.807) is 6.92 Å². The maximum atomic E-state index is 12.6. The number of rotatable bonds is 1. The van der Waals surface area contributed by atoms with E-state index in [9.17, 15) is 8.78 Å². The number of halogens is 2. The number of alkyl halides is 2. The van der Waals surface area contributed by atoms with Crippen LogP contribution in [0.25, 0.3) is 0 Å². The maximum Gasteiger partial charge on any atom is 0.270 e. The molecule has 1 nitrogen and oxygen atoms in total. The summed E-state index contributed by atoms with van der Waals surface area (Å²) in [5.41, 5.74) is 0.633. The highest BCUT2D eigenvalue weighted by atomic mass is 19.3. The molecule has 0 bridgehead atoms. The van der Waals surface area contributed by atoms with Crippen LogP contribution in [0.4, 0.5) is 8.78 Å². The molecular formula is C8H9F2N. The fourth-order valence-corrected chi connectivity index (χ4v) is 0.819. The Hall–Kier alpha value is -0.990. The fourth-order valence-electron chi connectivity index (χ4n) is 0.819. The van der Waals surface area contributed by atoms with Gasteiger partial charge in [-0.2, -0.15) is 0 Å². The van der Waals surface area contributed by atoms with E-state index in [1.165, 1.54) is 18.3 Å². The van der Waals surface area contributed by atoms with Crippen LogP contribution in [0.5, 0.6) is 0 Å². The van der Waals surface area contributed by atoms with Crippen LogP contribution < -0.4 is 0 Å². The minimum Gasteiger partial charge on any atom is -0.262 e. The summed E-state index contributed by atoms with van der Waals surface area (Å²) in [6, 6.07) is 2.72. The number of aromatic nitrogens is 1. The molecule has 1 heterocycles. The maximum absolute atomic E-state index is 12.6. The van der Waals surface area contributed by atoms with Gasteiger partial charge in [0.2, 0.25) is 0 Å². The Morgan fingerprint density at radius 2 is 2.09 bits per heavy atom. The van der Waals surface area contributed by atoms with Crippen molar-refractivity contribution < 1.29 is 8.78 Å². The number of aryl methyl sites for hydroxylation is 1. The molecule has 11 heavy (non-hydrogen) atoms. The van der Waals surface area contributed by atoms with Crippen LogP contribution in [-0.2, 0) is 5.92 Å². The smallest absolute Gasteiger partial charge is 0.262 e. The highest BCUT2D eigenvalue weighted by Gasteiger charge is 2.23. The average molecular weight is 157 g/mol. The van der Waals surface area contributed by atoms with Gasteiger partial charge in [0.15, 0.2) is 0 Å². The van der Waals surface area contributed by atoms with Crippen molar-refractivity contribution in [1.29, 1.82) is 0 Å². The molecule has 0 N–H and O–H groups in total. The fraction of sp³-hybridized carbons (Fsp3) is 0.375. The molecule has 1 aromatic heterocycles. The van der Waals surface area contributed by atoms with Gasteiger partial charge in [0.25, 0.3) is 5.92 Å². The standard InChI is InChI=1S/C8H9F2N/c1-6-5-7(3-4-11-6)8(2,9)10/h3-5H,1-2H3. The molecule has 0 spiro atoms. The predicted octanol–water partition coefficient (Wildman–Crippen LogP) is 2.50. The molecule has 0 aliphatic rings. The Labute approximate surface area is 64.1 Å². The minimum absolute atomic E-state index is 0.0185. The Morgan fingerprint density at radius 3 is 2.45 bits per heavy atom. The van der Waals surface area contributed by atoms with E-state index >= 15 is 0 Å². The van der Waals surface area contributed by atoms with Crippen LogP contribution in [0, 0.1) is 6.92 Å². The molecule has 1 aromatic rings. The summed E-state index contributed by atoms with van der Waals surface area (Å²) in [4.78, 5) is 3.82. The van der Waals surface area contributed by atoms with Gasteiger partial charge in [0.05, 0.1) is 0 Å². The third-order valence-corrected chi connectivity index (χ3v) is 1.40. The van der Waals surface area contributed by atoms with Crippen molar-refractivity contribution in [2.45, 2.75) is 19.8 Å². The van der Waals surface area contributed by atoms with E-state index in [0.717, 1.165) is 6.92 Å². The summed E-state index contributed by atoms with van der Waals surface area (Å²) in [5.74, 6) is -2.76. The molecule has 0 atom stereocenters. The summed E-state index contributed by atoms with van der Waals surface area (Å²) >= 11 is 0. The van der Waals surface area contributed by atoms with E-state index in [2.05, 4.69) is 4.98 Å². The second-order valence-electron chi connectivity index (χ2n) is 2.57. The summed E-state index contributed by atoms with van der Waals surface area (Å²) in [7, 11) is 0. The predicted molar refractivity (Wildman–Crippen MR) is 38.5 cm³/mol. The van der Waals surface area contributed by atoms with Crippen LogP contribution in [0.2, 0.25) is 0 Å². The first-order chi connectivity index (χ1) is 5.00. The van der Waals surface area contributed by atoms with Crippen LogP contribution in [-0.4, -0.2) is 4.98 Å². The lowest BCUT2D eigenvalue weighted by Crippen LogP contribution is -2.07. The lowest BCUT2D eigenvalue weighted by Gasteiger charge is -2.09. The lowest BCUT2D eigenvalue weighted by molar-refractivity contribution is 0.0173. The molecule has 3 heteroatoms. The molecule has 0 fully saturated rings. The van der Waals surface area contributed by atoms with Crippen molar-refractivity contribution in [3.63, 3.8) is 0 Å². The van der Waals surface area contributed by atoms with Crippen molar-refractivity contribution in [2.24, 2.45) is 0 Å². The molecule has 0 amide bonds. The molecule has 0 radical (unpaired) electrons. The van der Waals surface area contributed by atoms with Crippen molar-refractivity contribution in [3.8, 4) is 0 Å². The zero-order valence-electron chi connectivity index (χ0n) is 6.44. The van der Waals surface area contributed by atoms with E-state index in [-0.39, 0.29) is 5.56 Å². The van der Waals surface area contributed by atoms with Crippen molar-refractivity contribution in [3.05, 3.63) is 29.6 Å². The van der Waals surface area contributed by atoms with Crippen molar-refractivity contribution in [2.75, 3.05) is 0 Å². The Kier molecular flexibility index (Phi) is 1.89. The molecule has 0 unspecified atom stereocenters. The Morgan fingerprint density at radius 1 is 1.45 bits per heavy atom. The van der Waals surface area contributed by atoms with Gasteiger partial charge in [0, 0.05) is 24.4 Å². The second kappa shape index (κ2) is 2.57. The van der Waals surface area contributed by atoms with Gasteiger partial charge in [-0.3, -0.25) is 4.98 Å². The van der Waals surface area contributed by atoms with Crippen LogP contribution in [0.1, 0.15) is 18.2 Å². The van der Waals surface area contributed by atoms with Crippen LogP contribution in [0.3, 0.4) is 0 Å². The van der Waals surface area contributed by atoms with E-state index in [1.807, 2.05) is 0 Å². The zero-order valence-corrected chi connectivity index (χ0v) is 6.44. The number of hydrogen-bond donors (Lipinski definition) is 0. The minimum atomic E-state index is -2.76. The first-order valence-corrected chi connectivity index (χ1v) is 3.31. The molecular weight excluding hydrogens is 148 g/mol. The summed E-state index contributed by atoms with van der Waals surface area (Å²) in [6.45, 7) is 2.57. The van der Waals surface area contributed by atoms with Gasteiger partial charge in [-0.1, -0.05) is 0 Å². The first kappa shape index (κ1) is 8.11. The highest BCUT2D eigenvalue weighted by molar-refractivity contribution is 5.19. The zero-order chi connectivity index (χ0) is 8.48. The van der Waals surface area contributed by atoms with Crippen LogP contribution in [0.15, 0.2) is 18.3 Å². The van der Waals surface area contributed by atoms with E-state index < -0.39 is 5.92 Å². The van der Waals surface area contributed by atoms with Crippen LogP contribution >= 0.6 is 0 Å². The SMILES string of the molecule is Cc1cc(C(C)(F)F)ccn1.